The number of aliphatic carboxylic acids is 1. The molecule has 0 aromatic carbocycles. The van der Waals surface area contributed by atoms with E-state index in [-0.39, 0.29) is 12.5 Å². The fourth-order valence-corrected chi connectivity index (χ4v) is 3.88. The van der Waals surface area contributed by atoms with Gasteiger partial charge in [-0.15, -0.1) is 0 Å². The van der Waals surface area contributed by atoms with E-state index in [1.807, 2.05) is 0 Å². The van der Waals surface area contributed by atoms with E-state index in [4.69, 9.17) is 5.11 Å². The van der Waals surface area contributed by atoms with Crippen LogP contribution in [-0.2, 0) is 4.79 Å². The third kappa shape index (κ3) is 5.41. The number of rotatable bonds is 7. The van der Waals surface area contributed by atoms with Crippen molar-refractivity contribution in [2.45, 2.75) is 63.9 Å². The maximum absolute atomic E-state index is 10.6. The van der Waals surface area contributed by atoms with Crippen molar-refractivity contribution < 1.29 is 15.0 Å². The predicted molar refractivity (Wildman–Crippen MR) is 78.6 cm³/mol. The van der Waals surface area contributed by atoms with Gasteiger partial charge in [-0.1, -0.05) is 25.7 Å². The van der Waals surface area contributed by atoms with Crippen LogP contribution in [0.5, 0.6) is 0 Å². The van der Waals surface area contributed by atoms with Crippen LogP contribution in [-0.4, -0.2) is 46.8 Å². The number of nitrogens with zero attached hydrogens (tertiary/aromatic N) is 1. The largest absolute Gasteiger partial charge is 0.481 e. The van der Waals surface area contributed by atoms with Crippen LogP contribution in [0.15, 0.2) is 0 Å². The van der Waals surface area contributed by atoms with Crippen LogP contribution in [0, 0.1) is 11.8 Å². The molecule has 0 radical (unpaired) electrons. The first-order valence-corrected chi connectivity index (χ1v) is 8.25. The molecule has 1 saturated carbocycles. The smallest absolute Gasteiger partial charge is 0.303 e. The molecular formula is C16H29NO3. The molecule has 0 bridgehead atoms. The molecular weight excluding hydrogens is 254 g/mol. The molecule has 20 heavy (non-hydrogen) atoms. The number of aliphatic hydroxyl groups is 1. The summed E-state index contributed by atoms with van der Waals surface area (Å²) in [5.41, 5.74) is 0. The zero-order valence-corrected chi connectivity index (χ0v) is 12.5. The Bertz CT molecular complexity index is 302. The molecule has 1 aliphatic heterocycles. The van der Waals surface area contributed by atoms with Gasteiger partial charge in [0.15, 0.2) is 0 Å². The quantitative estimate of drug-likeness (QED) is 0.753. The maximum Gasteiger partial charge on any atom is 0.303 e. The Balaban J connectivity index is 1.67. The Morgan fingerprint density at radius 3 is 2.55 bits per heavy atom. The second kappa shape index (κ2) is 7.99. The molecule has 0 amide bonds. The van der Waals surface area contributed by atoms with E-state index in [0.717, 1.165) is 51.2 Å². The van der Waals surface area contributed by atoms with Crippen molar-refractivity contribution in [3.8, 4) is 0 Å². The van der Waals surface area contributed by atoms with Crippen molar-refractivity contribution >= 4 is 5.97 Å². The zero-order chi connectivity index (χ0) is 14.4. The molecule has 2 fully saturated rings. The van der Waals surface area contributed by atoms with Crippen molar-refractivity contribution in [3.05, 3.63) is 0 Å². The van der Waals surface area contributed by atoms with Crippen LogP contribution < -0.4 is 0 Å². The number of carboxylic acid groups (broad SMARTS) is 1. The summed E-state index contributed by atoms with van der Waals surface area (Å²) in [6.45, 7) is 2.81. The average Bonchev–Trinajstić information content (AvgIpc) is 2.89. The lowest BCUT2D eigenvalue weighted by Gasteiger charge is -2.34. The number of carboxylic acids is 1. The van der Waals surface area contributed by atoms with Crippen LogP contribution in [0.3, 0.4) is 0 Å². The van der Waals surface area contributed by atoms with Gasteiger partial charge in [0.05, 0.1) is 6.10 Å². The van der Waals surface area contributed by atoms with Crippen LogP contribution in [0.4, 0.5) is 0 Å². The molecule has 2 rings (SSSR count). The number of likely N-dealkylation sites (tertiary alicyclic amines) is 1. The molecule has 2 atom stereocenters. The standard InChI is InChI=1S/C16H29NO3/c18-15(10-13-4-1-2-5-13)12-17-9-3-6-14(11-17)7-8-16(19)20/h13-15,18H,1-12H2,(H,19,20). The van der Waals surface area contributed by atoms with Crippen LogP contribution in [0.1, 0.15) is 57.8 Å². The van der Waals surface area contributed by atoms with E-state index in [2.05, 4.69) is 4.90 Å². The summed E-state index contributed by atoms with van der Waals surface area (Å²) in [7, 11) is 0. The lowest BCUT2D eigenvalue weighted by molar-refractivity contribution is -0.137. The first-order chi connectivity index (χ1) is 9.63. The summed E-state index contributed by atoms with van der Waals surface area (Å²) < 4.78 is 0. The summed E-state index contributed by atoms with van der Waals surface area (Å²) >= 11 is 0. The van der Waals surface area contributed by atoms with Gasteiger partial charge in [0, 0.05) is 19.5 Å². The Morgan fingerprint density at radius 1 is 1.15 bits per heavy atom. The summed E-state index contributed by atoms with van der Waals surface area (Å²) in [5.74, 6) is 0.541. The minimum absolute atomic E-state index is 0.198. The molecule has 2 aliphatic rings. The summed E-state index contributed by atoms with van der Waals surface area (Å²) in [6, 6.07) is 0. The van der Waals surface area contributed by atoms with Gasteiger partial charge in [0.25, 0.3) is 0 Å². The first-order valence-electron chi connectivity index (χ1n) is 8.25. The SMILES string of the molecule is O=C(O)CCC1CCCN(CC(O)CC2CCCC2)C1. The maximum atomic E-state index is 10.6. The Hall–Kier alpha value is -0.610. The van der Waals surface area contributed by atoms with E-state index in [0.29, 0.717) is 5.92 Å². The number of hydrogen-bond acceptors (Lipinski definition) is 3. The van der Waals surface area contributed by atoms with Crippen molar-refractivity contribution in [1.82, 2.24) is 4.90 Å². The third-order valence-corrected chi connectivity index (χ3v) is 4.92. The van der Waals surface area contributed by atoms with Crippen LogP contribution in [0.25, 0.3) is 0 Å². The van der Waals surface area contributed by atoms with Gasteiger partial charge in [0.1, 0.15) is 0 Å². The molecule has 2 unspecified atom stereocenters. The molecule has 1 heterocycles. The summed E-state index contributed by atoms with van der Waals surface area (Å²) in [4.78, 5) is 13.0. The van der Waals surface area contributed by atoms with Gasteiger partial charge >= 0.3 is 5.97 Å². The van der Waals surface area contributed by atoms with Gasteiger partial charge in [-0.3, -0.25) is 4.79 Å². The van der Waals surface area contributed by atoms with E-state index in [9.17, 15) is 9.90 Å². The molecule has 0 aromatic rings. The average molecular weight is 283 g/mol. The van der Waals surface area contributed by atoms with Crippen molar-refractivity contribution in [2.24, 2.45) is 11.8 Å². The Morgan fingerprint density at radius 2 is 1.85 bits per heavy atom. The lowest BCUT2D eigenvalue weighted by Crippen LogP contribution is -2.40. The molecule has 2 N–H and O–H groups in total. The molecule has 0 aromatic heterocycles. The fourth-order valence-electron chi connectivity index (χ4n) is 3.88. The highest BCUT2D eigenvalue weighted by molar-refractivity contribution is 5.66. The lowest BCUT2D eigenvalue weighted by atomic mass is 9.92. The Labute approximate surface area is 122 Å². The monoisotopic (exact) mass is 283 g/mol. The topological polar surface area (TPSA) is 60.8 Å². The molecule has 1 saturated heterocycles. The molecule has 4 heteroatoms. The van der Waals surface area contributed by atoms with Gasteiger partial charge in [-0.2, -0.15) is 0 Å². The van der Waals surface area contributed by atoms with Gasteiger partial charge < -0.3 is 15.1 Å². The molecule has 1 aliphatic carbocycles. The second-order valence-corrected chi connectivity index (χ2v) is 6.74. The minimum atomic E-state index is -0.691. The van der Waals surface area contributed by atoms with Gasteiger partial charge in [-0.25, -0.2) is 0 Å². The number of hydrogen-bond donors (Lipinski definition) is 2. The molecule has 116 valence electrons. The summed E-state index contributed by atoms with van der Waals surface area (Å²) in [5, 5.41) is 19.0. The number of piperidine rings is 1. The van der Waals surface area contributed by atoms with Crippen LogP contribution in [0.2, 0.25) is 0 Å². The molecule has 4 nitrogen and oxygen atoms in total. The summed E-state index contributed by atoms with van der Waals surface area (Å²) in [6.07, 6.45) is 9.34. The highest BCUT2D eigenvalue weighted by Gasteiger charge is 2.24. The van der Waals surface area contributed by atoms with E-state index < -0.39 is 5.97 Å². The fraction of sp³-hybridized carbons (Fsp3) is 0.938. The first kappa shape index (κ1) is 15.8. The highest BCUT2D eigenvalue weighted by atomic mass is 16.4. The normalized spacial score (nSPS) is 26.8. The number of carbonyl (C=O) groups is 1. The number of β-amino-alcohol motifs (C(OH)–C–C–N with tert-alkyl or cyclic N) is 1. The third-order valence-electron chi connectivity index (χ3n) is 4.92. The highest BCUT2D eigenvalue weighted by Crippen LogP contribution is 2.29. The van der Waals surface area contributed by atoms with Crippen molar-refractivity contribution in [3.63, 3.8) is 0 Å². The van der Waals surface area contributed by atoms with Gasteiger partial charge in [-0.05, 0) is 44.1 Å². The predicted octanol–water partition coefficient (Wildman–Crippen LogP) is 2.50. The molecule has 0 spiro atoms. The zero-order valence-electron chi connectivity index (χ0n) is 12.5. The second-order valence-electron chi connectivity index (χ2n) is 6.74. The van der Waals surface area contributed by atoms with E-state index >= 15 is 0 Å². The number of aliphatic hydroxyl groups excluding tert-OH is 1. The van der Waals surface area contributed by atoms with Crippen molar-refractivity contribution in [1.29, 1.82) is 0 Å². The minimum Gasteiger partial charge on any atom is -0.481 e. The Kier molecular flexibility index (Phi) is 6.30. The van der Waals surface area contributed by atoms with E-state index in [1.54, 1.807) is 0 Å². The van der Waals surface area contributed by atoms with Crippen molar-refractivity contribution in [2.75, 3.05) is 19.6 Å². The van der Waals surface area contributed by atoms with Gasteiger partial charge in [0.2, 0.25) is 0 Å². The van der Waals surface area contributed by atoms with Crippen LogP contribution >= 0.6 is 0 Å². The van der Waals surface area contributed by atoms with E-state index in [1.165, 1.54) is 25.7 Å².